The molecule has 2 rings (SSSR count). The van der Waals surface area contributed by atoms with Gasteiger partial charge in [-0.05, 0) is 25.0 Å². The van der Waals surface area contributed by atoms with Crippen molar-refractivity contribution in [1.82, 2.24) is 10.2 Å². The molecule has 0 spiro atoms. The van der Waals surface area contributed by atoms with Crippen molar-refractivity contribution in [3.8, 4) is 0 Å². The Labute approximate surface area is 137 Å². The third-order valence-corrected chi connectivity index (χ3v) is 3.74. The van der Waals surface area contributed by atoms with Crippen LogP contribution in [0.3, 0.4) is 0 Å². The Morgan fingerprint density at radius 1 is 1.17 bits per heavy atom. The van der Waals surface area contributed by atoms with E-state index in [1.165, 1.54) is 0 Å². The minimum atomic E-state index is -4.49. The molecule has 1 fully saturated rings. The molecule has 1 aromatic carbocycles. The van der Waals surface area contributed by atoms with Crippen molar-refractivity contribution in [2.24, 2.45) is 0 Å². The van der Waals surface area contributed by atoms with Crippen molar-refractivity contribution in [3.05, 3.63) is 35.9 Å². The van der Waals surface area contributed by atoms with Gasteiger partial charge in [0.25, 0.3) is 5.91 Å². The summed E-state index contributed by atoms with van der Waals surface area (Å²) in [6, 6.07) is 7.65. The molecule has 1 heterocycles. The number of ether oxygens (including phenoxy) is 1. The van der Waals surface area contributed by atoms with Crippen LogP contribution in [0.4, 0.5) is 13.2 Å². The topological polar surface area (TPSA) is 58.6 Å². The van der Waals surface area contributed by atoms with Gasteiger partial charge >= 0.3 is 6.18 Å². The Bertz CT molecular complexity index is 557. The van der Waals surface area contributed by atoms with Crippen LogP contribution in [-0.4, -0.2) is 55.2 Å². The number of rotatable bonds is 5. The molecular weight excluding hydrogens is 325 g/mol. The number of alkyl halides is 3. The fraction of sp³-hybridized carbons (Fsp3) is 0.500. The molecule has 0 aromatic heterocycles. The number of hydrogen-bond acceptors (Lipinski definition) is 3. The highest BCUT2D eigenvalue weighted by molar-refractivity contribution is 5.96. The maximum atomic E-state index is 12.8. The molecule has 1 aromatic rings. The van der Waals surface area contributed by atoms with Gasteiger partial charge in [-0.15, -0.1) is 0 Å². The van der Waals surface area contributed by atoms with E-state index in [0.29, 0.717) is 31.6 Å². The number of nitrogens with one attached hydrogen (secondary N) is 1. The lowest BCUT2D eigenvalue weighted by atomic mass is 10.1. The lowest BCUT2D eigenvalue weighted by Crippen LogP contribution is -2.51. The Morgan fingerprint density at radius 3 is 2.38 bits per heavy atom. The van der Waals surface area contributed by atoms with E-state index in [2.05, 4.69) is 5.32 Å². The number of carbonyl (C=O) groups excluding carboxylic acids is 2. The molecule has 1 aliphatic heterocycles. The van der Waals surface area contributed by atoms with E-state index in [0.717, 1.165) is 4.90 Å². The number of carbonyl (C=O) groups is 2. The van der Waals surface area contributed by atoms with E-state index < -0.39 is 37.1 Å². The molecule has 1 saturated heterocycles. The fourth-order valence-corrected chi connectivity index (χ4v) is 2.56. The van der Waals surface area contributed by atoms with E-state index in [4.69, 9.17) is 4.74 Å². The maximum absolute atomic E-state index is 12.8. The molecule has 1 aliphatic rings. The lowest BCUT2D eigenvalue weighted by molar-refractivity contribution is -0.168. The van der Waals surface area contributed by atoms with Crippen LogP contribution < -0.4 is 5.32 Å². The quantitative estimate of drug-likeness (QED) is 0.889. The Hall–Kier alpha value is -2.09. The minimum absolute atomic E-state index is 0.322. The standard InChI is InChI=1S/C16H19F3N2O3/c17-16(18,19)11-21(13-6-8-24-9-7-13)14(22)10-20-15(23)12-4-2-1-3-5-12/h1-5,13H,6-11H2,(H,20,23). The van der Waals surface area contributed by atoms with Crippen molar-refractivity contribution in [3.63, 3.8) is 0 Å². The molecule has 2 amide bonds. The summed E-state index contributed by atoms with van der Waals surface area (Å²) in [4.78, 5) is 24.9. The zero-order chi connectivity index (χ0) is 17.6. The third kappa shape index (κ3) is 5.52. The summed E-state index contributed by atoms with van der Waals surface area (Å²) in [7, 11) is 0. The second kappa shape index (κ2) is 8.14. The summed E-state index contributed by atoms with van der Waals surface area (Å²) in [6.07, 6.45) is -3.78. The van der Waals surface area contributed by atoms with Gasteiger partial charge in [0, 0.05) is 24.8 Å². The van der Waals surface area contributed by atoms with Gasteiger partial charge in [-0.25, -0.2) is 0 Å². The molecule has 0 bridgehead atoms. The number of halogens is 3. The van der Waals surface area contributed by atoms with Crippen molar-refractivity contribution < 1.29 is 27.5 Å². The highest BCUT2D eigenvalue weighted by atomic mass is 19.4. The van der Waals surface area contributed by atoms with Crippen LogP contribution in [0.25, 0.3) is 0 Å². The summed E-state index contributed by atoms with van der Waals surface area (Å²) in [6.45, 7) is -1.15. The first-order chi connectivity index (χ1) is 11.4. The number of amides is 2. The predicted molar refractivity (Wildman–Crippen MR) is 80.4 cm³/mol. The van der Waals surface area contributed by atoms with Gasteiger partial charge in [-0.3, -0.25) is 9.59 Å². The third-order valence-electron chi connectivity index (χ3n) is 3.74. The van der Waals surface area contributed by atoms with Gasteiger partial charge in [0.05, 0.1) is 6.54 Å². The summed E-state index contributed by atoms with van der Waals surface area (Å²) >= 11 is 0. The van der Waals surface area contributed by atoms with Gasteiger partial charge in [0.2, 0.25) is 5.91 Å². The Balaban J connectivity index is 1.97. The van der Waals surface area contributed by atoms with Crippen molar-refractivity contribution >= 4 is 11.8 Å². The maximum Gasteiger partial charge on any atom is 0.406 e. The van der Waals surface area contributed by atoms with Gasteiger partial charge in [0.15, 0.2) is 0 Å². The smallest absolute Gasteiger partial charge is 0.381 e. The first-order valence-electron chi connectivity index (χ1n) is 7.64. The van der Waals surface area contributed by atoms with Crippen LogP contribution in [-0.2, 0) is 9.53 Å². The second-order valence-electron chi connectivity index (χ2n) is 5.53. The van der Waals surface area contributed by atoms with Crippen molar-refractivity contribution in [1.29, 1.82) is 0 Å². The normalized spacial score (nSPS) is 15.8. The highest BCUT2D eigenvalue weighted by Crippen LogP contribution is 2.22. The number of hydrogen-bond donors (Lipinski definition) is 1. The zero-order valence-electron chi connectivity index (χ0n) is 13.0. The van der Waals surface area contributed by atoms with E-state index in [1.54, 1.807) is 30.3 Å². The van der Waals surface area contributed by atoms with Gasteiger partial charge in [-0.2, -0.15) is 13.2 Å². The summed E-state index contributed by atoms with van der Waals surface area (Å²) in [5.74, 6) is -1.24. The average Bonchev–Trinajstić information content (AvgIpc) is 2.58. The van der Waals surface area contributed by atoms with Crippen LogP contribution in [0.5, 0.6) is 0 Å². The zero-order valence-corrected chi connectivity index (χ0v) is 13.0. The fourth-order valence-electron chi connectivity index (χ4n) is 2.56. The molecule has 0 radical (unpaired) electrons. The largest absolute Gasteiger partial charge is 0.406 e. The van der Waals surface area contributed by atoms with Crippen LogP contribution in [0.15, 0.2) is 30.3 Å². The molecule has 0 unspecified atom stereocenters. The lowest BCUT2D eigenvalue weighted by Gasteiger charge is -2.34. The second-order valence-corrected chi connectivity index (χ2v) is 5.53. The minimum Gasteiger partial charge on any atom is -0.381 e. The SMILES string of the molecule is O=C(NCC(=O)N(CC(F)(F)F)C1CCOCC1)c1ccccc1. The molecule has 132 valence electrons. The molecule has 8 heteroatoms. The molecule has 24 heavy (non-hydrogen) atoms. The van der Waals surface area contributed by atoms with Crippen molar-refractivity contribution in [2.75, 3.05) is 26.3 Å². The van der Waals surface area contributed by atoms with Crippen molar-refractivity contribution in [2.45, 2.75) is 25.1 Å². The Kier molecular flexibility index (Phi) is 6.19. The predicted octanol–water partition coefficient (Wildman–Crippen LogP) is 1.99. The Morgan fingerprint density at radius 2 is 1.79 bits per heavy atom. The number of nitrogens with zero attached hydrogens (tertiary/aromatic N) is 1. The van der Waals surface area contributed by atoms with Gasteiger partial charge in [0.1, 0.15) is 6.54 Å². The summed E-state index contributed by atoms with van der Waals surface area (Å²) < 4.78 is 43.4. The monoisotopic (exact) mass is 344 g/mol. The number of benzene rings is 1. The molecule has 5 nitrogen and oxygen atoms in total. The van der Waals surface area contributed by atoms with Crippen LogP contribution in [0, 0.1) is 0 Å². The molecule has 0 saturated carbocycles. The van der Waals surface area contributed by atoms with Crippen LogP contribution in [0.2, 0.25) is 0 Å². The molecule has 1 N–H and O–H groups in total. The summed E-state index contributed by atoms with van der Waals surface area (Å²) in [5, 5.41) is 2.38. The average molecular weight is 344 g/mol. The highest BCUT2D eigenvalue weighted by Gasteiger charge is 2.37. The van der Waals surface area contributed by atoms with E-state index in [-0.39, 0.29) is 0 Å². The molecule has 0 atom stereocenters. The first-order valence-corrected chi connectivity index (χ1v) is 7.64. The molecule has 0 aliphatic carbocycles. The van der Waals surface area contributed by atoms with Gasteiger partial charge in [-0.1, -0.05) is 18.2 Å². The van der Waals surface area contributed by atoms with E-state index >= 15 is 0 Å². The summed E-state index contributed by atoms with van der Waals surface area (Å²) in [5.41, 5.74) is 0.346. The van der Waals surface area contributed by atoms with E-state index in [9.17, 15) is 22.8 Å². The van der Waals surface area contributed by atoms with E-state index in [1.807, 2.05) is 0 Å². The van der Waals surface area contributed by atoms with Gasteiger partial charge < -0.3 is 15.0 Å². The van der Waals surface area contributed by atoms with Crippen LogP contribution >= 0.6 is 0 Å². The van der Waals surface area contributed by atoms with Crippen LogP contribution in [0.1, 0.15) is 23.2 Å². The first kappa shape index (κ1) is 18.3. The molecular formula is C16H19F3N2O3.